The van der Waals surface area contributed by atoms with Gasteiger partial charge in [0.25, 0.3) is 5.91 Å². The predicted octanol–water partition coefficient (Wildman–Crippen LogP) is 2.48. The fourth-order valence-corrected chi connectivity index (χ4v) is 1.46. The highest BCUT2D eigenvalue weighted by Gasteiger charge is 2.14. The van der Waals surface area contributed by atoms with Gasteiger partial charge in [-0.3, -0.25) is 4.79 Å². The van der Waals surface area contributed by atoms with Crippen LogP contribution in [0.5, 0.6) is 0 Å². The van der Waals surface area contributed by atoms with Crippen LogP contribution in [0.15, 0.2) is 12.3 Å². The van der Waals surface area contributed by atoms with Crippen LogP contribution in [-0.2, 0) is 0 Å². The lowest BCUT2D eigenvalue weighted by atomic mass is 9.92. The number of pyridine rings is 1. The molecule has 94 valence electrons. The smallest absolute Gasteiger partial charge is 0.254 e. The van der Waals surface area contributed by atoms with Crippen molar-refractivity contribution < 1.29 is 4.79 Å². The summed E-state index contributed by atoms with van der Waals surface area (Å²) in [6, 6.07) is 1.53. The summed E-state index contributed by atoms with van der Waals surface area (Å²) in [6.07, 6.45) is 2.32. The van der Waals surface area contributed by atoms with Gasteiger partial charge >= 0.3 is 0 Å². The Bertz CT molecular complexity index is 413. The minimum absolute atomic E-state index is 0.174. The molecule has 4 nitrogen and oxygen atoms in total. The highest BCUT2D eigenvalue weighted by atomic mass is 35.5. The molecule has 1 rings (SSSR count). The zero-order chi connectivity index (χ0) is 13.1. The summed E-state index contributed by atoms with van der Waals surface area (Å²) in [6.45, 7) is 6.96. The first-order valence-corrected chi connectivity index (χ1v) is 5.86. The number of carbonyl (C=O) groups excluding carboxylic acids is 1. The molecule has 0 saturated carbocycles. The van der Waals surface area contributed by atoms with Crippen LogP contribution in [0.1, 0.15) is 37.6 Å². The molecule has 0 atom stereocenters. The minimum atomic E-state index is -0.237. The van der Waals surface area contributed by atoms with Crippen LogP contribution in [0.4, 0.5) is 5.69 Å². The SMILES string of the molecule is CC(C)(C)CCNC(=O)c1cc(N)cnc1Cl. The predicted molar refractivity (Wildman–Crippen MR) is 70.1 cm³/mol. The average Bonchev–Trinajstić information content (AvgIpc) is 2.19. The summed E-state index contributed by atoms with van der Waals surface area (Å²) >= 11 is 5.83. The molecule has 0 aromatic carbocycles. The molecule has 1 aromatic heterocycles. The van der Waals surface area contributed by atoms with Gasteiger partial charge < -0.3 is 11.1 Å². The minimum Gasteiger partial charge on any atom is -0.397 e. The van der Waals surface area contributed by atoms with Gasteiger partial charge in [0, 0.05) is 6.54 Å². The number of nitrogens with one attached hydrogen (secondary N) is 1. The number of aromatic nitrogens is 1. The zero-order valence-electron chi connectivity index (χ0n) is 10.4. The fourth-order valence-electron chi connectivity index (χ4n) is 1.27. The van der Waals surface area contributed by atoms with Crippen molar-refractivity contribution in [3.8, 4) is 0 Å². The lowest BCUT2D eigenvalue weighted by Crippen LogP contribution is -2.27. The Morgan fingerprint density at radius 1 is 1.53 bits per heavy atom. The van der Waals surface area contributed by atoms with Gasteiger partial charge in [-0.1, -0.05) is 32.4 Å². The number of hydrogen-bond acceptors (Lipinski definition) is 3. The molecule has 0 radical (unpaired) electrons. The highest BCUT2D eigenvalue weighted by Crippen LogP contribution is 2.18. The number of nitrogen functional groups attached to an aromatic ring is 1. The monoisotopic (exact) mass is 255 g/mol. The maximum absolute atomic E-state index is 11.8. The Labute approximate surface area is 107 Å². The van der Waals surface area contributed by atoms with Crippen LogP contribution in [0.25, 0.3) is 0 Å². The third kappa shape index (κ3) is 4.61. The average molecular weight is 256 g/mol. The van der Waals surface area contributed by atoms with Gasteiger partial charge in [-0.25, -0.2) is 4.98 Å². The van der Waals surface area contributed by atoms with E-state index < -0.39 is 0 Å². The molecule has 1 amide bonds. The molecule has 17 heavy (non-hydrogen) atoms. The Morgan fingerprint density at radius 3 is 2.76 bits per heavy atom. The Morgan fingerprint density at radius 2 is 2.18 bits per heavy atom. The van der Waals surface area contributed by atoms with E-state index in [0.29, 0.717) is 17.8 Å². The molecule has 0 unspecified atom stereocenters. The van der Waals surface area contributed by atoms with E-state index in [9.17, 15) is 4.79 Å². The van der Waals surface area contributed by atoms with Crippen molar-refractivity contribution >= 4 is 23.2 Å². The second kappa shape index (κ2) is 5.36. The number of anilines is 1. The molecule has 0 aliphatic rings. The second-order valence-corrected chi connectivity index (χ2v) is 5.53. The van der Waals surface area contributed by atoms with Gasteiger partial charge in [0.2, 0.25) is 0 Å². The Kier molecular flexibility index (Phi) is 4.34. The maximum atomic E-state index is 11.8. The molecular formula is C12H18ClN3O. The number of carbonyl (C=O) groups is 1. The third-order valence-electron chi connectivity index (χ3n) is 2.27. The van der Waals surface area contributed by atoms with E-state index >= 15 is 0 Å². The van der Waals surface area contributed by atoms with Crippen LogP contribution in [0, 0.1) is 5.41 Å². The number of nitrogens with zero attached hydrogens (tertiary/aromatic N) is 1. The standard InChI is InChI=1S/C12H18ClN3O/c1-12(2,3)4-5-15-11(17)9-6-8(14)7-16-10(9)13/h6-7H,4-5,14H2,1-3H3,(H,15,17). The van der Waals surface area contributed by atoms with Crippen LogP contribution in [0.2, 0.25) is 5.15 Å². The first-order chi connectivity index (χ1) is 7.79. The van der Waals surface area contributed by atoms with E-state index in [1.807, 2.05) is 0 Å². The third-order valence-corrected chi connectivity index (χ3v) is 2.57. The van der Waals surface area contributed by atoms with Gasteiger partial charge in [-0.15, -0.1) is 0 Å². The molecular weight excluding hydrogens is 238 g/mol. The van der Waals surface area contributed by atoms with Crippen LogP contribution >= 0.6 is 11.6 Å². The van der Waals surface area contributed by atoms with Crippen molar-refractivity contribution in [3.05, 3.63) is 23.0 Å². The summed E-state index contributed by atoms with van der Waals surface area (Å²) in [7, 11) is 0. The molecule has 0 saturated heterocycles. The summed E-state index contributed by atoms with van der Waals surface area (Å²) in [5.41, 5.74) is 6.49. The maximum Gasteiger partial charge on any atom is 0.254 e. The largest absolute Gasteiger partial charge is 0.397 e. The quantitative estimate of drug-likeness (QED) is 0.816. The topological polar surface area (TPSA) is 68.0 Å². The number of nitrogens with two attached hydrogens (primary N) is 1. The molecule has 3 N–H and O–H groups in total. The van der Waals surface area contributed by atoms with Crippen LogP contribution < -0.4 is 11.1 Å². The molecule has 0 aliphatic carbocycles. The van der Waals surface area contributed by atoms with Crippen LogP contribution in [0.3, 0.4) is 0 Å². The molecule has 0 fully saturated rings. The molecule has 1 aromatic rings. The zero-order valence-corrected chi connectivity index (χ0v) is 11.1. The van der Waals surface area contributed by atoms with Crippen molar-refractivity contribution in [1.82, 2.24) is 10.3 Å². The Balaban J connectivity index is 2.61. The molecule has 0 aliphatic heterocycles. The fraction of sp³-hybridized carbons (Fsp3) is 0.500. The van der Waals surface area contributed by atoms with Gasteiger partial charge in [0.1, 0.15) is 5.15 Å². The number of amides is 1. The highest BCUT2D eigenvalue weighted by molar-refractivity contribution is 6.32. The molecule has 5 heteroatoms. The van der Waals surface area contributed by atoms with Crippen molar-refractivity contribution in [2.75, 3.05) is 12.3 Å². The van der Waals surface area contributed by atoms with Crippen molar-refractivity contribution in [3.63, 3.8) is 0 Å². The molecule has 1 heterocycles. The number of halogens is 1. The van der Waals surface area contributed by atoms with E-state index in [1.54, 1.807) is 0 Å². The summed E-state index contributed by atoms with van der Waals surface area (Å²) in [4.78, 5) is 15.6. The summed E-state index contributed by atoms with van der Waals surface area (Å²) < 4.78 is 0. The first-order valence-electron chi connectivity index (χ1n) is 5.49. The van der Waals surface area contributed by atoms with Gasteiger partial charge in [-0.05, 0) is 17.9 Å². The van der Waals surface area contributed by atoms with Crippen molar-refractivity contribution in [2.24, 2.45) is 5.41 Å². The summed E-state index contributed by atoms with van der Waals surface area (Å²) in [5, 5.41) is 2.98. The lowest BCUT2D eigenvalue weighted by Gasteiger charge is -2.18. The van der Waals surface area contributed by atoms with Crippen molar-refractivity contribution in [1.29, 1.82) is 0 Å². The van der Waals surface area contributed by atoms with Gasteiger partial charge in [0.15, 0.2) is 0 Å². The molecule has 0 spiro atoms. The summed E-state index contributed by atoms with van der Waals surface area (Å²) in [5.74, 6) is -0.237. The number of hydrogen-bond donors (Lipinski definition) is 2. The van der Waals surface area contributed by atoms with Crippen molar-refractivity contribution in [2.45, 2.75) is 27.2 Å². The van der Waals surface area contributed by atoms with E-state index in [1.165, 1.54) is 12.3 Å². The van der Waals surface area contributed by atoms with Crippen LogP contribution in [-0.4, -0.2) is 17.4 Å². The molecule has 0 bridgehead atoms. The normalized spacial score (nSPS) is 11.3. The van der Waals surface area contributed by atoms with E-state index in [4.69, 9.17) is 17.3 Å². The Hall–Kier alpha value is -1.29. The van der Waals surface area contributed by atoms with E-state index in [2.05, 4.69) is 31.1 Å². The second-order valence-electron chi connectivity index (χ2n) is 5.17. The first kappa shape index (κ1) is 13.8. The van der Waals surface area contributed by atoms with Gasteiger partial charge in [0.05, 0.1) is 17.4 Å². The van der Waals surface area contributed by atoms with E-state index in [-0.39, 0.29) is 16.5 Å². The van der Waals surface area contributed by atoms with Gasteiger partial charge in [-0.2, -0.15) is 0 Å². The number of rotatable bonds is 3. The van der Waals surface area contributed by atoms with E-state index in [0.717, 1.165) is 6.42 Å². The lowest BCUT2D eigenvalue weighted by molar-refractivity contribution is 0.0949.